The summed E-state index contributed by atoms with van der Waals surface area (Å²) in [5.41, 5.74) is 3.52. The summed E-state index contributed by atoms with van der Waals surface area (Å²) in [5.74, 6) is -3.51. The van der Waals surface area contributed by atoms with Gasteiger partial charge >= 0.3 is 12.1 Å². The number of primary amides is 1. The van der Waals surface area contributed by atoms with E-state index in [1.54, 1.807) is 0 Å². The van der Waals surface area contributed by atoms with Crippen LogP contribution in [0.4, 0.5) is 13.2 Å². The van der Waals surface area contributed by atoms with Crippen molar-refractivity contribution in [1.82, 2.24) is 5.32 Å². The van der Waals surface area contributed by atoms with Crippen LogP contribution in [0, 0.1) is 0 Å². The van der Waals surface area contributed by atoms with Crippen molar-refractivity contribution in [3.63, 3.8) is 0 Å². The van der Waals surface area contributed by atoms with Crippen molar-refractivity contribution in [2.24, 2.45) is 5.73 Å². The molecule has 6 nitrogen and oxygen atoms in total. The van der Waals surface area contributed by atoms with Gasteiger partial charge < -0.3 is 16.2 Å². The molecule has 1 aromatic carbocycles. The summed E-state index contributed by atoms with van der Waals surface area (Å²) >= 11 is 0. The Balaban J connectivity index is 2.93. The number of alkyl halides is 3. The molecule has 4 N–H and O–H groups in total. The zero-order chi connectivity index (χ0) is 16.2. The Kier molecular flexibility index (Phi) is 4.90. The van der Waals surface area contributed by atoms with E-state index in [-0.39, 0.29) is 5.56 Å². The Bertz CT molecular complexity index is 572. The van der Waals surface area contributed by atoms with Crippen molar-refractivity contribution in [2.45, 2.75) is 18.6 Å². The fourth-order valence-electron chi connectivity index (χ4n) is 1.48. The number of carboxylic acids is 1. The number of hydrogen-bond acceptors (Lipinski definition) is 3. The van der Waals surface area contributed by atoms with Crippen LogP contribution in [-0.4, -0.2) is 28.9 Å². The van der Waals surface area contributed by atoms with Crippen LogP contribution in [0.15, 0.2) is 24.3 Å². The van der Waals surface area contributed by atoms with Gasteiger partial charge in [-0.3, -0.25) is 14.4 Å². The summed E-state index contributed by atoms with van der Waals surface area (Å²) in [6.45, 7) is 0. The minimum atomic E-state index is -4.62. The lowest BCUT2D eigenvalue weighted by molar-refractivity contribution is -0.139. The Morgan fingerprint density at radius 3 is 2.38 bits per heavy atom. The van der Waals surface area contributed by atoms with E-state index in [2.05, 4.69) is 0 Å². The fourth-order valence-corrected chi connectivity index (χ4v) is 1.48. The van der Waals surface area contributed by atoms with Crippen LogP contribution >= 0.6 is 0 Å². The van der Waals surface area contributed by atoms with E-state index in [1.165, 1.54) is 0 Å². The molecule has 0 unspecified atom stereocenters. The topological polar surface area (TPSA) is 109 Å². The van der Waals surface area contributed by atoms with E-state index >= 15 is 0 Å². The number of amides is 2. The van der Waals surface area contributed by atoms with Gasteiger partial charge in [-0.05, 0) is 18.2 Å². The van der Waals surface area contributed by atoms with Crippen molar-refractivity contribution in [3.05, 3.63) is 35.4 Å². The molecule has 0 spiro atoms. The average molecular weight is 304 g/mol. The van der Waals surface area contributed by atoms with E-state index in [0.29, 0.717) is 6.07 Å². The van der Waals surface area contributed by atoms with Crippen LogP contribution in [0.1, 0.15) is 22.3 Å². The molecular weight excluding hydrogens is 293 g/mol. The smallest absolute Gasteiger partial charge is 0.416 e. The molecular formula is C12H11F3N2O4. The molecule has 0 aliphatic rings. The molecule has 21 heavy (non-hydrogen) atoms. The molecule has 2 amide bonds. The highest BCUT2D eigenvalue weighted by molar-refractivity contribution is 5.98. The molecule has 0 aliphatic heterocycles. The van der Waals surface area contributed by atoms with Crippen LogP contribution in [0.25, 0.3) is 0 Å². The molecule has 1 rings (SSSR count). The van der Waals surface area contributed by atoms with E-state index in [9.17, 15) is 27.6 Å². The molecule has 114 valence electrons. The number of benzene rings is 1. The molecule has 0 saturated heterocycles. The van der Waals surface area contributed by atoms with E-state index in [4.69, 9.17) is 10.8 Å². The Morgan fingerprint density at radius 1 is 1.29 bits per heavy atom. The lowest BCUT2D eigenvalue weighted by Crippen LogP contribution is -2.45. The molecule has 0 radical (unpaired) electrons. The number of hydrogen-bond donors (Lipinski definition) is 3. The second kappa shape index (κ2) is 6.25. The third-order valence-electron chi connectivity index (χ3n) is 2.48. The van der Waals surface area contributed by atoms with Gasteiger partial charge in [-0.15, -0.1) is 0 Å². The minimum absolute atomic E-state index is 0.360. The van der Waals surface area contributed by atoms with Gasteiger partial charge in [0.2, 0.25) is 5.91 Å². The molecule has 0 saturated carbocycles. The highest BCUT2D eigenvalue weighted by Crippen LogP contribution is 2.29. The molecule has 1 atom stereocenters. The van der Waals surface area contributed by atoms with Crippen LogP contribution in [0.2, 0.25) is 0 Å². The van der Waals surface area contributed by atoms with Gasteiger partial charge in [0.15, 0.2) is 0 Å². The summed E-state index contributed by atoms with van der Waals surface area (Å²) < 4.78 is 37.5. The monoisotopic (exact) mass is 304 g/mol. The van der Waals surface area contributed by atoms with E-state index in [1.807, 2.05) is 5.32 Å². The van der Waals surface area contributed by atoms with Crippen molar-refractivity contribution in [2.75, 3.05) is 0 Å². The number of carboxylic acid groups (broad SMARTS) is 1. The lowest BCUT2D eigenvalue weighted by atomic mass is 10.1. The highest BCUT2D eigenvalue weighted by atomic mass is 19.4. The van der Waals surface area contributed by atoms with Crippen LogP contribution < -0.4 is 11.1 Å². The maximum Gasteiger partial charge on any atom is 0.416 e. The van der Waals surface area contributed by atoms with E-state index in [0.717, 1.165) is 18.2 Å². The summed E-state index contributed by atoms with van der Waals surface area (Å²) in [4.78, 5) is 33.2. The number of carbonyl (C=O) groups is 3. The zero-order valence-electron chi connectivity index (χ0n) is 10.5. The summed E-state index contributed by atoms with van der Waals surface area (Å²) in [7, 11) is 0. The molecule has 9 heteroatoms. The maximum absolute atomic E-state index is 12.5. The number of rotatable bonds is 5. The van der Waals surface area contributed by atoms with Crippen molar-refractivity contribution in [3.8, 4) is 0 Å². The second-order valence-electron chi connectivity index (χ2n) is 4.10. The summed E-state index contributed by atoms with van der Waals surface area (Å²) in [5, 5.41) is 10.5. The Hall–Kier alpha value is -2.58. The fraction of sp³-hybridized carbons (Fsp3) is 0.250. The van der Waals surface area contributed by atoms with Crippen molar-refractivity contribution < 1.29 is 32.7 Å². The van der Waals surface area contributed by atoms with Crippen LogP contribution in [0.5, 0.6) is 0 Å². The molecule has 0 aromatic heterocycles. The molecule has 0 bridgehead atoms. The Morgan fingerprint density at radius 2 is 1.90 bits per heavy atom. The van der Waals surface area contributed by atoms with E-state index < -0.39 is 42.0 Å². The predicted octanol–water partition coefficient (Wildman–Crippen LogP) is 0.764. The normalized spacial score (nSPS) is 12.5. The highest BCUT2D eigenvalue weighted by Gasteiger charge is 2.31. The second-order valence-corrected chi connectivity index (χ2v) is 4.10. The minimum Gasteiger partial charge on any atom is -0.481 e. The van der Waals surface area contributed by atoms with Gasteiger partial charge in [0.25, 0.3) is 5.91 Å². The number of aliphatic carboxylic acids is 1. The quantitative estimate of drug-likeness (QED) is 0.746. The molecule has 0 aliphatic carbocycles. The largest absolute Gasteiger partial charge is 0.481 e. The first-order valence-corrected chi connectivity index (χ1v) is 5.60. The first kappa shape index (κ1) is 16.5. The zero-order valence-corrected chi connectivity index (χ0v) is 10.5. The molecule has 1 aromatic rings. The number of nitrogens with one attached hydrogen (secondary N) is 1. The van der Waals surface area contributed by atoms with Crippen LogP contribution in [-0.2, 0) is 15.8 Å². The number of carbonyl (C=O) groups excluding carboxylic acids is 2. The maximum atomic E-state index is 12.5. The lowest BCUT2D eigenvalue weighted by Gasteiger charge is -2.14. The van der Waals surface area contributed by atoms with Crippen LogP contribution in [0.3, 0.4) is 0 Å². The first-order valence-electron chi connectivity index (χ1n) is 5.60. The third-order valence-corrected chi connectivity index (χ3v) is 2.48. The molecule has 0 fully saturated rings. The number of nitrogens with two attached hydrogens (primary N) is 1. The van der Waals surface area contributed by atoms with Gasteiger partial charge in [-0.2, -0.15) is 13.2 Å². The molecule has 0 heterocycles. The van der Waals surface area contributed by atoms with Gasteiger partial charge in [0, 0.05) is 5.56 Å². The predicted molar refractivity (Wildman–Crippen MR) is 64.1 cm³/mol. The number of halogens is 3. The van der Waals surface area contributed by atoms with Gasteiger partial charge in [-0.25, -0.2) is 0 Å². The average Bonchev–Trinajstić information content (AvgIpc) is 2.36. The van der Waals surface area contributed by atoms with Gasteiger partial charge in [0.1, 0.15) is 6.04 Å². The summed E-state index contributed by atoms with van der Waals surface area (Å²) in [6, 6.07) is 1.98. The van der Waals surface area contributed by atoms with Gasteiger partial charge in [0.05, 0.1) is 12.0 Å². The third kappa shape index (κ3) is 4.79. The van der Waals surface area contributed by atoms with Crippen molar-refractivity contribution in [1.29, 1.82) is 0 Å². The SMILES string of the molecule is NC(=O)[C@H](CC(=O)O)NC(=O)c1cccc(C(F)(F)F)c1. The standard InChI is InChI=1S/C12H11F3N2O4/c13-12(14,15)7-3-1-2-6(4-7)11(21)17-8(10(16)20)5-9(18)19/h1-4,8H,5H2,(H2,16,20)(H,17,21)(H,18,19)/t8-/m0/s1. The van der Waals surface area contributed by atoms with Gasteiger partial charge in [-0.1, -0.05) is 6.07 Å². The first-order chi connectivity index (χ1) is 9.61. The summed E-state index contributed by atoms with van der Waals surface area (Å²) in [6.07, 6.45) is -5.39. The Labute approximate surface area is 116 Å². The van der Waals surface area contributed by atoms with Crippen molar-refractivity contribution >= 4 is 17.8 Å².